The molecule has 1 N–H and O–H groups in total. The highest BCUT2D eigenvalue weighted by Gasteiger charge is 2.67. The van der Waals surface area contributed by atoms with Crippen molar-refractivity contribution in [3.8, 4) is 17.6 Å². The summed E-state index contributed by atoms with van der Waals surface area (Å²) in [6.45, 7) is 5.26. The van der Waals surface area contributed by atoms with Crippen LogP contribution in [-0.4, -0.2) is 25.1 Å². The van der Waals surface area contributed by atoms with Crippen LogP contribution < -0.4 is 14.8 Å². The van der Waals surface area contributed by atoms with Gasteiger partial charge in [-0.2, -0.15) is 5.26 Å². The number of anilines is 1. The van der Waals surface area contributed by atoms with Crippen LogP contribution in [0.5, 0.6) is 11.5 Å². The topological polar surface area (TPSA) is 97.7 Å². The van der Waals surface area contributed by atoms with E-state index in [2.05, 4.69) is 18.3 Å². The zero-order valence-electron chi connectivity index (χ0n) is 22.9. The third kappa shape index (κ3) is 5.53. The van der Waals surface area contributed by atoms with Crippen LogP contribution in [0, 0.1) is 23.2 Å². The minimum atomic E-state index is -0.299. The minimum absolute atomic E-state index is 0.0634. The SMILES string of the molecule is CCOC(=O)CCCc1ccc(C#N)cc1NC(=O)C1C(C)[C@]12CCOc1cc(OCc3ccccc3)ccc12. The van der Waals surface area contributed by atoms with Crippen LogP contribution in [0.4, 0.5) is 5.69 Å². The van der Waals surface area contributed by atoms with Crippen molar-refractivity contribution < 1.29 is 23.8 Å². The Kier molecular flexibility index (Phi) is 8.06. The van der Waals surface area contributed by atoms with Crippen molar-refractivity contribution in [2.24, 2.45) is 11.8 Å². The second-order valence-electron chi connectivity index (χ2n) is 10.5. The Labute approximate surface area is 235 Å². The van der Waals surface area contributed by atoms with Crippen LogP contribution in [0.1, 0.15) is 55.4 Å². The van der Waals surface area contributed by atoms with Crippen molar-refractivity contribution >= 4 is 17.6 Å². The average molecular weight is 539 g/mol. The van der Waals surface area contributed by atoms with E-state index < -0.39 is 0 Å². The molecule has 0 radical (unpaired) electrons. The summed E-state index contributed by atoms with van der Waals surface area (Å²) >= 11 is 0. The predicted molar refractivity (Wildman–Crippen MR) is 151 cm³/mol. The number of carbonyl (C=O) groups excluding carboxylic acids is 2. The third-order valence-electron chi connectivity index (χ3n) is 8.15. The van der Waals surface area contributed by atoms with Crippen LogP contribution in [0.2, 0.25) is 0 Å². The van der Waals surface area contributed by atoms with E-state index in [1.807, 2.05) is 54.6 Å². The molecule has 1 amide bonds. The molecule has 3 aromatic rings. The summed E-state index contributed by atoms with van der Waals surface area (Å²) in [6.07, 6.45) is 2.25. The van der Waals surface area contributed by atoms with Gasteiger partial charge < -0.3 is 19.5 Å². The number of nitriles is 1. The number of aryl methyl sites for hydroxylation is 1. The molecule has 3 aromatic carbocycles. The molecule has 2 aliphatic rings. The fraction of sp³-hybridized carbons (Fsp3) is 0.364. The summed E-state index contributed by atoms with van der Waals surface area (Å²) in [5.41, 5.74) is 3.82. The van der Waals surface area contributed by atoms with Gasteiger partial charge in [0.2, 0.25) is 5.91 Å². The zero-order valence-corrected chi connectivity index (χ0v) is 22.9. The van der Waals surface area contributed by atoms with Crippen LogP contribution in [0.3, 0.4) is 0 Å². The Morgan fingerprint density at radius 3 is 2.73 bits per heavy atom. The third-order valence-corrected chi connectivity index (χ3v) is 8.15. The molecule has 1 spiro atoms. The maximum atomic E-state index is 13.7. The number of nitrogens with zero attached hydrogens (tertiary/aromatic N) is 1. The van der Waals surface area contributed by atoms with Gasteiger partial charge in [-0.3, -0.25) is 9.59 Å². The van der Waals surface area contributed by atoms with E-state index in [1.165, 1.54) is 0 Å². The standard InChI is InChI=1S/C33H34N2O5/c1-3-38-30(36)11-7-10-25-13-12-24(20-34)18-28(25)35-32(37)31-22(2)33(31)16-17-39-29-19-26(14-15-27(29)33)40-21-23-8-5-4-6-9-23/h4-6,8-9,12-15,18-19,22,31H,3,7,10-11,16-17,21H2,1-2H3,(H,35,37)/t22?,31?,33-/m0/s1. The second kappa shape index (κ2) is 11.8. The van der Waals surface area contributed by atoms with Gasteiger partial charge in [-0.25, -0.2) is 0 Å². The summed E-state index contributed by atoms with van der Waals surface area (Å²) in [7, 11) is 0. The molecular weight excluding hydrogens is 504 g/mol. The number of amides is 1. The van der Waals surface area contributed by atoms with Gasteiger partial charge in [0.25, 0.3) is 0 Å². The summed E-state index contributed by atoms with van der Waals surface area (Å²) in [5.74, 6) is 1.12. The van der Waals surface area contributed by atoms with Gasteiger partial charge in [0.05, 0.1) is 30.8 Å². The summed E-state index contributed by atoms with van der Waals surface area (Å²) < 4.78 is 17.1. The Morgan fingerprint density at radius 2 is 1.95 bits per heavy atom. The first-order valence-electron chi connectivity index (χ1n) is 13.9. The molecule has 7 heteroatoms. The second-order valence-corrected chi connectivity index (χ2v) is 10.5. The van der Waals surface area contributed by atoms with Gasteiger partial charge in [0, 0.05) is 29.2 Å². The summed E-state index contributed by atoms with van der Waals surface area (Å²) in [5, 5.41) is 12.6. The number of nitrogens with one attached hydrogen (secondary N) is 1. The first kappa shape index (κ1) is 27.3. The van der Waals surface area contributed by atoms with E-state index in [0.717, 1.165) is 34.6 Å². The number of ether oxygens (including phenoxy) is 3. The molecule has 2 unspecified atom stereocenters. The van der Waals surface area contributed by atoms with Gasteiger partial charge in [-0.1, -0.05) is 49.4 Å². The molecule has 1 aliphatic heterocycles. The molecule has 206 valence electrons. The van der Waals surface area contributed by atoms with Crippen molar-refractivity contribution in [3.63, 3.8) is 0 Å². The number of fused-ring (bicyclic) bond motifs is 2. The van der Waals surface area contributed by atoms with E-state index in [4.69, 9.17) is 14.2 Å². The fourth-order valence-corrected chi connectivity index (χ4v) is 6.04. The van der Waals surface area contributed by atoms with E-state index in [9.17, 15) is 14.9 Å². The van der Waals surface area contributed by atoms with Gasteiger partial charge in [0.1, 0.15) is 18.1 Å². The van der Waals surface area contributed by atoms with Crippen LogP contribution in [0.25, 0.3) is 0 Å². The van der Waals surface area contributed by atoms with E-state index in [-0.39, 0.29) is 29.1 Å². The van der Waals surface area contributed by atoms with Gasteiger partial charge in [-0.05, 0) is 61.4 Å². The average Bonchev–Trinajstić information content (AvgIpc) is 3.55. The number of benzene rings is 3. The van der Waals surface area contributed by atoms with Crippen molar-refractivity contribution in [2.75, 3.05) is 18.5 Å². The molecule has 0 aromatic heterocycles. The van der Waals surface area contributed by atoms with Gasteiger partial charge >= 0.3 is 5.97 Å². The normalized spacial score (nSPS) is 20.5. The van der Waals surface area contributed by atoms with Crippen molar-refractivity contribution in [1.29, 1.82) is 5.26 Å². The number of hydrogen-bond donors (Lipinski definition) is 1. The Balaban J connectivity index is 1.30. The van der Waals surface area contributed by atoms with Crippen molar-refractivity contribution in [2.45, 2.75) is 51.6 Å². The summed E-state index contributed by atoms with van der Waals surface area (Å²) in [6, 6.07) is 23.4. The van der Waals surface area contributed by atoms with Crippen molar-refractivity contribution in [1.82, 2.24) is 0 Å². The van der Waals surface area contributed by atoms with Crippen molar-refractivity contribution in [3.05, 3.63) is 89.0 Å². The van der Waals surface area contributed by atoms with Gasteiger partial charge in [0.15, 0.2) is 0 Å². The Hall–Kier alpha value is -4.31. The molecule has 3 atom stereocenters. The molecule has 1 aliphatic carbocycles. The first-order valence-corrected chi connectivity index (χ1v) is 13.9. The Morgan fingerprint density at radius 1 is 1.12 bits per heavy atom. The lowest BCUT2D eigenvalue weighted by Gasteiger charge is -2.28. The lowest BCUT2D eigenvalue weighted by molar-refractivity contribution is -0.143. The molecule has 1 saturated carbocycles. The first-order chi connectivity index (χ1) is 19.5. The molecule has 5 rings (SSSR count). The van der Waals surface area contributed by atoms with E-state index in [0.29, 0.717) is 50.3 Å². The molecule has 7 nitrogen and oxygen atoms in total. The highest BCUT2D eigenvalue weighted by Crippen LogP contribution is 2.65. The quantitative estimate of drug-likeness (QED) is 0.321. The number of hydrogen-bond acceptors (Lipinski definition) is 6. The Bertz CT molecular complexity index is 1430. The van der Waals surface area contributed by atoms with E-state index >= 15 is 0 Å². The molecule has 0 bridgehead atoms. The number of esters is 1. The zero-order chi connectivity index (χ0) is 28.1. The highest BCUT2D eigenvalue weighted by molar-refractivity contribution is 5.97. The lowest BCUT2D eigenvalue weighted by Crippen LogP contribution is -2.27. The molecule has 1 heterocycles. The van der Waals surface area contributed by atoms with Gasteiger partial charge in [-0.15, -0.1) is 0 Å². The number of rotatable bonds is 10. The monoisotopic (exact) mass is 538 g/mol. The maximum Gasteiger partial charge on any atom is 0.305 e. The smallest absolute Gasteiger partial charge is 0.305 e. The van der Waals surface area contributed by atoms with Crippen LogP contribution in [0.15, 0.2) is 66.7 Å². The maximum absolute atomic E-state index is 13.7. The predicted octanol–water partition coefficient (Wildman–Crippen LogP) is 5.95. The molecule has 1 fully saturated rings. The minimum Gasteiger partial charge on any atom is -0.493 e. The fourth-order valence-electron chi connectivity index (χ4n) is 6.04. The highest BCUT2D eigenvalue weighted by atomic mass is 16.5. The van der Waals surface area contributed by atoms with Crippen LogP contribution >= 0.6 is 0 Å². The summed E-state index contributed by atoms with van der Waals surface area (Å²) in [4.78, 5) is 25.5. The van der Waals surface area contributed by atoms with Crippen LogP contribution in [-0.2, 0) is 32.8 Å². The lowest BCUT2D eigenvalue weighted by atomic mass is 9.86. The molecular formula is C33H34N2O5. The largest absolute Gasteiger partial charge is 0.493 e. The molecule has 40 heavy (non-hydrogen) atoms. The van der Waals surface area contributed by atoms with E-state index in [1.54, 1.807) is 19.1 Å². The number of carbonyl (C=O) groups is 2. The molecule has 0 saturated heterocycles.